The van der Waals surface area contributed by atoms with Gasteiger partial charge in [0.2, 0.25) is 0 Å². The lowest BCUT2D eigenvalue weighted by Gasteiger charge is -2.05. The average molecular weight is 254 g/mol. The molecule has 7 heteroatoms. The second-order valence-electron chi connectivity index (χ2n) is 3.49. The zero-order chi connectivity index (χ0) is 12.3. The Morgan fingerprint density at radius 1 is 1.59 bits per heavy atom. The van der Waals surface area contributed by atoms with Gasteiger partial charge in [-0.25, -0.2) is 4.98 Å². The molecule has 0 aliphatic heterocycles. The molecular formula is C10H14N4O2S. The van der Waals surface area contributed by atoms with Gasteiger partial charge in [-0.1, -0.05) is 5.16 Å². The third-order valence-electron chi connectivity index (χ3n) is 2.21. The van der Waals surface area contributed by atoms with Crippen molar-refractivity contribution in [2.24, 2.45) is 5.73 Å². The van der Waals surface area contributed by atoms with Crippen LogP contribution in [-0.4, -0.2) is 28.3 Å². The maximum Gasteiger partial charge on any atom is 0.269 e. The predicted octanol–water partition coefficient (Wildman–Crippen LogP) is 1.54. The highest BCUT2D eigenvalue weighted by molar-refractivity contribution is 7.13. The number of nitrogens with two attached hydrogens (primary N) is 1. The van der Waals surface area contributed by atoms with Crippen LogP contribution < -0.4 is 5.73 Å². The summed E-state index contributed by atoms with van der Waals surface area (Å²) in [6.45, 7) is 4.81. The van der Waals surface area contributed by atoms with E-state index in [2.05, 4.69) is 15.1 Å². The molecule has 2 N–H and O–H groups in total. The van der Waals surface area contributed by atoms with Crippen molar-refractivity contribution in [3.8, 4) is 10.8 Å². The molecule has 0 bridgehead atoms. The molecule has 2 aromatic heterocycles. The first-order valence-electron chi connectivity index (χ1n) is 5.29. The first-order chi connectivity index (χ1) is 8.22. The van der Waals surface area contributed by atoms with Crippen LogP contribution >= 0.6 is 11.3 Å². The number of rotatable bonds is 5. The summed E-state index contributed by atoms with van der Waals surface area (Å²) >= 11 is 1.47. The summed E-state index contributed by atoms with van der Waals surface area (Å²) in [6, 6.07) is -0.360. The van der Waals surface area contributed by atoms with E-state index in [9.17, 15) is 0 Å². The fourth-order valence-electron chi connectivity index (χ4n) is 1.30. The zero-order valence-corrected chi connectivity index (χ0v) is 10.5. The van der Waals surface area contributed by atoms with Crippen LogP contribution in [0.15, 0.2) is 10.0 Å². The van der Waals surface area contributed by atoms with E-state index < -0.39 is 0 Å². The molecule has 0 amide bonds. The number of hydrogen-bond donors (Lipinski definition) is 1. The van der Waals surface area contributed by atoms with Crippen molar-refractivity contribution in [3.05, 3.63) is 17.0 Å². The standard InChI is InChI=1S/C10H14N4O2S/c1-3-15-4-7(11)9-13-10(16-14-9)8-6(2)12-5-17-8/h5,7H,3-4,11H2,1-2H3. The van der Waals surface area contributed by atoms with Crippen molar-refractivity contribution in [3.63, 3.8) is 0 Å². The minimum absolute atomic E-state index is 0.360. The van der Waals surface area contributed by atoms with Gasteiger partial charge in [0, 0.05) is 6.61 Å². The first kappa shape index (κ1) is 12.2. The fraction of sp³-hybridized carbons (Fsp3) is 0.500. The molecule has 2 heterocycles. The molecule has 0 saturated heterocycles. The molecule has 0 aromatic carbocycles. The van der Waals surface area contributed by atoms with Gasteiger partial charge in [0.1, 0.15) is 4.88 Å². The van der Waals surface area contributed by atoms with Gasteiger partial charge in [0.05, 0.1) is 23.9 Å². The number of aryl methyl sites for hydroxylation is 1. The van der Waals surface area contributed by atoms with Gasteiger partial charge in [-0.05, 0) is 13.8 Å². The Morgan fingerprint density at radius 2 is 2.41 bits per heavy atom. The van der Waals surface area contributed by atoms with E-state index in [-0.39, 0.29) is 6.04 Å². The number of hydrogen-bond acceptors (Lipinski definition) is 7. The normalized spacial score (nSPS) is 12.9. The Balaban J connectivity index is 2.13. The SMILES string of the molecule is CCOCC(N)c1noc(-c2scnc2C)n1. The van der Waals surface area contributed by atoms with Gasteiger partial charge in [-0.15, -0.1) is 11.3 Å². The summed E-state index contributed by atoms with van der Waals surface area (Å²) in [6.07, 6.45) is 0. The molecule has 0 saturated carbocycles. The summed E-state index contributed by atoms with van der Waals surface area (Å²) < 4.78 is 10.4. The molecule has 2 aromatic rings. The summed E-state index contributed by atoms with van der Waals surface area (Å²) in [5.41, 5.74) is 8.49. The molecule has 17 heavy (non-hydrogen) atoms. The van der Waals surface area contributed by atoms with E-state index >= 15 is 0 Å². The predicted molar refractivity (Wildman–Crippen MR) is 63.6 cm³/mol. The summed E-state index contributed by atoms with van der Waals surface area (Å²) in [7, 11) is 0. The van der Waals surface area contributed by atoms with Crippen molar-refractivity contribution in [2.45, 2.75) is 19.9 Å². The van der Waals surface area contributed by atoms with Crippen LogP contribution in [0.5, 0.6) is 0 Å². The summed E-state index contributed by atoms with van der Waals surface area (Å²) in [4.78, 5) is 9.27. The van der Waals surface area contributed by atoms with E-state index in [1.807, 2.05) is 13.8 Å². The third kappa shape index (κ3) is 2.68. The monoisotopic (exact) mass is 254 g/mol. The van der Waals surface area contributed by atoms with Crippen molar-refractivity contribution in [1.82, 2.24) is 15.1 Å². The van der Waals surface area contributed by atoms with E-state index in [0.29, 0.717) is 24.9 Å². The molecule has 0 fully saturated rings. The van der Waals surface area contributed by atoms with Crippen LogP contribution in [0.2, 0.25) is 0 Å². The van der Waals surface area contributed by atoms with Gasteiger partial charge in [0.15, 0.2) is 5.82 Å². The van der Waals surface area contributed by atoms with Crippen molar-refractivity contribution < 1.29 is 9.26 Å². The molecule has 92 valence electrons. The largest absolute Gasteiger partial charge is 0.380 e. The van der Waals surface area contributed by atoms with Crippen LogP contribution in [0.4, 0.5) is 0 Å². The topological polar surface area (TPSA) is 87.1 Å². The Bertz CT molecular complexity index is 482. The van der Waals surface area contributed by atoms with Crippen molar-refractivity contribution >= 4 is 11.3 Å². The lowest BCUT2D eigenvalue weighted by atomic mass is 10.3. The van der Waals surface area contributed by atoms with Gasteiger partial charge in [-0.2, -0.15) is 4.98 Å². The Kier molecular flexibility index (Phi) is 3.82. The zero-order valence-electron chi connectivity index (χ0n) is 9.71. The lowest BCUT2D eigenvalue weighted by molar-refractivity contribution is 0.130. The van der Waals surface area contributed by atoms with E-state index in [4.69, 9.17) is 15.0 Å². The highest BCUT2D eigenvalue weighted by Crippen LogP contribution is 2.25. The highest BCUT2D eigenvalue weighted by Gasteiger charge is 2.17. The molecule has 6 nitrogen and oxygen atoms in total. The molecule has 1 atom stereocenters. The smallest absolute Gasteiger partial charge is 0.269 e. The molecule has 0 spiro atoms. The number of thiazole rings is 1. The molecular weight excluding hydrogens is 240 g/mol. The summed E-state index contributed by atoms with van der Waals surface area (Å²) in [5.74, 6) is 0.924. The van der Waals surface area contributed by atoms with E-state index in [1.165, 1.54) is 11.3 Å². The number of ether oxygens (including phenoxy) is 1. The number of aromatic nitrogens is 3. The van der Waals surface area contributed by atoms with Crippen LogP contribution in [0, 0.1) is 6.92 Å². The molecule has 2 rings (SSSR count). The van der Waals surface area contributed by atoms with Crippen molar-refractivity contribution in [1.29, 1.82) is 0 Å². The lowest BCUT2D eigenvalue weighted by Crippen LogP contribution is -2.18. The second-order valence-corrected chi connectivity index (χ2v) is 4.35. The van der Waals surface area contributed by atoms with E-state index in [0.717, 1.165) is 10.6 Å². The second kappa shape index (κ2) is 5.35. The maximum absolute atomic E-state index is 5.86. The Labute approximate surface area is 103 Å². The Hall–Kier alpha value is -1.31. The Morgan fingerprint density at radius 3 is 3.06 bits per heavy atom. The molecule has 0 aliphatic rings. The third-order valence-corrected chi connectivity index (χ3v) is 3.13. The maximum atomic E-state index is 5.86. The quantitative estimate of drug-likeness (QED) is 0.870. The van der Waals surface area contributed by atoms with Crippen molar-refractivity contribution in [2.75, 3.05) is 13.2 Å². The highest BCUT2D eigenvalue weighted by atomic mass is 32.1. The van der Waals surface area contributed by atoms with E-state index in [1.54, 1.807) is 5.51 Å². The average Bonchev–Trinajstić information content (AvgIpc) is 2.93. The molecule has 0 aliphatic carbocycles. The number of nitrogens with zero attached hydrogens (tertiary/aromatic N) is 3. The van der Waals surface area contributed by atoms with Crippen LogP contribution in [0.1, 0.15) is 24.5 Å². The van der Waals surface area contributed by atoms with Crippen LogP contribution in [0.25, 0.3) is 10.8 Å². The minimum Gasteiger partial charge on any atom is -0.380 e. The van der Waals surface area contributed by atoms with Crippen LogP contribution in [-0.2, 0) is 4.74 Å². The van der Waals surface area contributed by atoms with Crippen LogP contribution in [0.3, 0.4) is 0 Å². The van der Waals surface area contributed by atoms with Gasteiger partial charge in [0.25, 0.3) is 5.89 Å². The van der Waals surface area contributed by atoms with Gasteiger partial charge >= 0.3 is 0 Å². The first-order valence-corrected chi connectivity index (χ1v) is 6.17. The van der Waals surface area contributed by atoms with Gasteiger partial charge < -0.3 is 15.0 Å². The van der Waals surface area contributed by atoms with Gasteiger partial charge in [-0.3, -0.25) is 0 Å². The minimum atomic E-state index is -0.360. The molecule has 1 unspecified atom stereocenters. The molecule has 0 radical (unpaired) electrons. The fourth-order valence-corrected chi connectivity index (χ4v) is 2.03. The summed E-state index contributed by atoms with van der Waals surface area (Å²) in [5, 5.41) is 3.85.